The topological polar surface area (TPSA) is 57.4 Å². The van der Waals surface area contributed by atoms with E-state index in [1.807, 2.05) is 18.2 Å². The molecule has 4 heteroatoms. The third kappa shape index (κ3) is 4.14. The minimum atomic E-state index is -0.0195. The van der Waals surface area contributed by atoms with Gasteiger partial charge in [0.1, 0.15) is 0 Å². The highest BCUT2D eigenvalue weighted by Crippen LogP contribution is 2.44. The molecule has 8 aromatic rings. The Morgan fingerprint density at radius 3 is 1.85 bits per heavy atom. The molecule has 2 heterocycles. The molecule has 0 saturated carbocycles. The predicted octanol–water partition coefficient (Wildman–Crippen LogP) is 10.8. The largest absolute Gasteiger partial charge is 0.332 e. The van der Waals surface area contributed by atoms with E-state index in [1.54, 1.807) is 0 Å². The highest BCUT2D eigenvalue weighted by Gasteiger charge is 2.28. The first-order chi connectivity index (χ1) is 23.7. The molecular formula is C44H28N4. The van der Waals surface area contributed by atoms with E-state index in [9.17, 15) is 10.5 Å². The maximum absolute atomic E-state index is 10.6. The number of hydrogen-bond acceptors (Lipinski definition) is 2. The van der Waals surface area contributed by atoms with Crippen molar-refractivity contribution in [3.05, 3.63) is 174 Å². The molecule has 2 atom stereocenters. The molecule has 0 spiro atoms. The molecular weight excluding hydrogens is 585 g/mol. The van der Waals surface area contributed by atoms with Crippen LogP contribution in [0, 0.1) is 22.7 Å². The molecule has 0 saturated heterocycles. The minimum absolute atomic E-state index is 0.00408. The summed E-state index contributed by atoms with van der Waals surface area (Å²) in [6.45, 7) is 0. The Hall–Kier alpha value is -6.62. The average molecular weight is 613 g/mol. The molecule has 0 radical (unpaired) electrons. The first-order valence-corrected chi connectivity index (χ1v) is 16.1. The fourth-order valence-corrected chi connectivity index (χ4v) is 7.76. The lowest BCUT2D eigenvalue weighted by Crippen LogP contribution is -2.17. The summed E-state index contributed by atoms with van der Waals surface area (Å²) in [7, 11) is 0. The molecule has 0 aliphatic heterocycles. The molecule has 1 aliphatic carbocycles. The number of nitriles is 2. The molecule has 4 nitrogen and oxygen atoms in total. The zero-order chi connectivity index (χ0) is 32.2. The molecule has 6 aromatic carbocycles. The Bertz CT molecular complexity index is 2670. The Labute approximate surface area is 277 Å². The quantitative estimate of drug-likeness (QED) is 0.199. The van der Waals surface area contributed by atoms with Crippen LogP contribution in [0.25, 0.3) is 60.4 Å². The van der Waals surface area contributed by atoms with E-state index in [4.69, 9.17) is 0 Å². The van der Waals surface area contributed by atoms with Gasteiger partial charge < -0.3 is 9.13 Å². The van der Waals surface area contributed by atoms with Gasteiger partial charge in [0.05, 0.1) is 40.3 Å². The van der Waals surface area contributed by atoms with Crippen molar-refractivity contribution in [3.8, 4) is 29.0 Å². The van der Waals surface area contributed by atoms with E-state index < -0.39 is 0 Å². The Morgan fingerprint density at radius 1 is 0.500 bits per heavy atom. The molecule has 0 bridgehead atoms. The Morgan fingerprint density at radius 2 is 1.12 bits per heavy atom. The van der Waals surface area contributed by atoms with Crippen LogP contribution in [0.2, 0.25) is 0 Å². The van der Waals surface area contributed by atoms with E-state index >= 15 is 0 Å². The van der Waals surface area contributed by atoms with Crippen LogP contribution < -0.4 is 0 Å². The molecule has 224 valence electrons. The van der Waals surface area contributed by atoms with Gasteiger partial charge in [-0.1, -0.05) is 109 Å². The van der Waals surface area contributed by atoms with Crippen LogP contribution >= 0.6 is 0 Å². The fourth-order valence-electron chi connectivity index (χ4n) is 7.76. The fraction of sp³-hybridized carbons (Fsp3) is 0.0455. The van der Waals surface area contributed by atoms with Gasteiger partial charge in [-0.3, -0.25) is 0 Å². The first kappa shape index (κ1) is 27.7. The lowest BCUT2D eigenvalue weighted by Gasteiger charge is -2.29. The Balaban J connectivity index is 1.20. The number of benzene rings is 6. The van der Waals surface area contributed by atoms with Crippen molar-refractivity contribution in [1.29, 1.82) is 10.5 Å². The molecule has 2 unspecified atom stereocenters. The first-order valence-electron chi connectivity index (χ1n) is 16.1. The lowest BCUT2D eigenvalue weighted by molar-refractivity contribution is 0.576. The van der Waals surface area contributed by atoms with Gasteiger partial charge in [-0.05, 0) is 65.2 Å². The van der Waals surface area contributed by atoms with E-state index in [-0.39, 0.29) is 12.0 Å². The standard InChI is InChI=1S/C44H28N4/c45-27-29-21-24-44-39(25-29)38-16-6-10-20-43(38)48(44)42-19-9-3-13-35(42)34-12-2-1-11-33(34)32-23-22-31(26-30(32)28-46)47-40-17-7-4-14-36(40)37-15-5-8-18-41(37)47/h1-26,35,42H. The second kappa shape index (κ2) is 11.0. The number of fused-ring (bicyclic) bond motifs is 6. The minimum Gasteiger partial charge on any atom is -0.332 e. The molecule has 48 heavy (non-hydrogen) atoms. The summed E-state index contributed by atoms with van der Waals surface area (Å²) in [4.78, 5) is 0. The molecule has 1 aliphatic rings. The summed E-state index contributed by atoms with van der Waals surface area (Å²) in [6, 6.07) is 50.9. The van der Waals surface area contributed by atoms with Gasteiger partial charge in [-0.15, -0.1) is 0 Å². The zero-order valence-electron chi connectivity index (χ0n) is 26.0. The zero-order valence-corrected chi connectivity index (χ0v) is 26.0. The van der Waals surface area contributed by atoms with Crippen LogP contribution in [0.15, 0.2) is 158 Å². The van der Waals surface area contributed by atoms with Gasteiger partial charge in [-0.25, -0.2) is 0 Å². The van der Waals surface area contributed by atoms with E-state index in [1.165, 1.54) is 10.8 Å². The van der Waals surface area contributed by atoms with Crippen LogP contribution in [0.4, 0.5) is 0 Å². The summed E-state index contributed by atoms with van der Waals surface area (Å²) >= 11 is 0. The normalized spacial score (nSPS) is 15.7. The molecule has 2 aromatic heterocycles. The van der Waals surface area contributed by atoms with Crippen LogP contribution in [0.3, 0.4) is 0 Å². The number of allylic oxidation sites excluding steroid dienone is 4. The molecule has 0 fully saturated rings. The highest BCUT2D eigenvalue weighted by molar-refractivity contribution is 6.10. The lowest BCUT2D eigenvalue weighted by atomic mass is 9.82. The smallest absolute Gasteiger partial charge is 0.0998 e. The van der Waals surface area contributed by atoms with Crippen molar-refractivity contribution in [1.82, 2.24) is 9.13 Å². The SMILES string of the molecule is N#Cc1ccc2c(c1)c1ccccc1n2C1C=CC=CC1c1ccccc1-c1ccc(-n2c3ccccc3c3ccccc32)cc1C#N. The Kier molecular flexibility index (Phi) is 6.35. The predicted molar refractivity (Wildman–Crippen MR) is 195 cm³/mol. The molecule has 0 amide bonds. The second-order valence-electron chi connectivity index (χ2n) is 12.3. The number of aromatic nitrogens is 2. The van der Waals surface area contributed by atoms with Crippen molar-refractivity contribution in [2.45, 2.75) is 12.0 Å². The van der Waals surface area contributed by atoms with Crippen molar-refractivity contribution >= 4 is 43.6 Å². The third-order valence-electron chi connectivity index (χ3n) is 9.81. The maximum Gasteiger partial charge on any atom is 0.0998 e. The number of nitrogens with zero attached hydrogens (tertiary/aromatic N) is 4. The van der Waals surface area contributed by atoms with Gasteiger partial charge >= 0.3 is 0 Å². The van der Waals surface area contributed by atoms with Gasteiger partial charge in [0.2, 0.25) is 0 Å². The van der Waals surface area contributed by atoms with Gasteiger partial charge in [0, 0.05) is 44.2 Å². The van der Waals surface area contributed by atoms with Crippen LogP contribution in [0.5, 0.6) is 0 Å². The van der Waals surface area contributed by atoms with Crippen molar-refractivity contribution < 1.29 is 0 Å². The molecule has 0 N–H and O–H groups in total. The van der Waals surface area contributed by atoms with Crippen LogP contribution in [0.1, 0.15) is 28.7 Å². The number of rotatable bonds is 4. The van der Waals surface area contributed by atoms with Crippen molar-refractivity contribution in [3.63, 3.8) is 0 Å². The molecule has 9 rings (SSSR count). The third-order valence-corrected chi connectivity index (χ3v) is 9.81. The summed E-state index contributed by atoms with van der Waals surface area (Å²) in [5, 5.41) is 24.9. The monoisotopic (exact) mass is 612 g/mol. The van der Waals surface area contributed by atoms with E-state index in [0.29, 0.717) is 11.1 Å². The average Bonchev–Trinajstić information content (AvgIpc) is 3.67. The highest BCUT2D eigenvalue weighted by atomic mass is 15.0. The number of para-hydroxylation sites is 3. The summed E-state index contributed by atoms with van der Waals surface area (Å²) in [5.74, 6) is 0.00408. The van der Waals surface area contributed by atoms with Crippen LogP contribution in [-0.4, -0.2) is 9.13 Å². The summed E-state index contributed by atoms with van der Waals surface area (Å²) in [6.07, 6.45) is 8.78. The van der Waals surface area contributed by atoms with E-state index in [0.717, 1.165) is 55.2 Å². The summed E-state index contributed by atoms with van der Waals surface area (Å²) in [5.41, 5.74) is 9.82. The van der Waals surface area contributed by atoms with Gasteiger partial charge in [-0.2, -0.15) is 10.5 Å². The van der Waals surface area contributed by atoms with Crippen molar-refractivity contribution in [2.75, 3.05) is 0 Å². The number of hydrogen-bond donors (Lipinski definition) is 0. The van der Waals surface area contributed by atoms with Gasteiger partial charge in [0.15, 0.2) is 0 Å². The van der Waals surface area contributed by atoms with Crippen molar-refractivity contribution in [2.24, 2.45) is 0 Å². The van der Waals surface area contributed by atoms with Crippen LogP contribution in [-0.2, 0) is 0 Å². The maximum atomic E-state index is 10.6. The van der Waals surface area contributed by atoms with E-state index in [2.05, 4.69) is 161 Å². The van der Waals surface area contributed by atoms with Gasteiger partial charge in [0.25, 0.3) is 0 Å². The second-order valence-corrected chi connectivity index (χ2v) is 12.3. The summed E-state index contributed by atoms with van der Waals surface area (Å²) < 4.78 is 4.66.